The number of nitro benzene ring substituents is 1. The van der Waals surface area contributed by atoms with Crippen LogP contribution in [0.4, 0.5) is 11.4 Å². The van der Waals surface area contributed by atoms with Crippen LogP contribution in [-0.4, -0.2) is 27.5 Å². The van der Waals surface area contributed by atoms with Crippen molar-refractivity contribution in [2.75, 3.05) is 18.5 Å². The Labute approximate surface area is 148 Å². The summed E-state index contributed by atoms with van der Waals surface area (Å²) >= 11 is 12.0. The molecule has 2 aromatic rings. The Balaban J connectivity index is 2.53. The van der Waals surface area contributed by atoms with Gasteiger partial charge in [-0.1, -0.05) is 29.3 Å². The average molecular weight is 391 g/mol. The second-order valence-corrected chi connectivity index (χ2v) is 7.34. The number of halogens is 2. The number of hydrogen-bond donors (Lipinski definition) is 0. The smallest absolute Gasteiger partial charge is 0.271 e. The number of nitro groups is 1. The van der Waals surface area contributed by atoms with Crippen molar-refractivity contribution in [2.24, 2.45) is 0 Å². The van der Waals surface area contributed by atoms with Crippen molar-refractivity contribution in [3.05, 3.63) is 56.6 Å². The quantitative estimate of drug-likeness (QED) is 0.572. The first-order valence-corrected chi connectivity index (χ1v) is 8.65. The van der Waals surface area contributed by atoms with Crippen LogP contribution in [0.2, 0.25) is 10.0 Å². The highest BCUT2D eigenvalue weighted by molar-refractivity contribution is 7.93. The van der Waals surface area contributed by atoms with Gasteiger partial charge in [-0.15, -0.1) is 0 Å². The third kappa shape index (κ3) is 3.26. The second-order valence-electron chi connectivity index (χ2n) is 4.64. The van der Waals surface area contributed by atoms with Crippen molar-refractivity contribution in [2.45, 2.75) is 4.90 Å². The molecule has 10 heteroatoms. The van der Waals surface area contributed by atoms with Crippen LogP contribution in [0, 0.1) is 10.1 Å². The van der Waals surface area contributed by atoms with Crippen molar-refractivity contribution >= 4 is 44.6 Å². The normalized spacial score (nSPS) is 11.2. The highest BCUT2D eigenvalue weighted by atomic mass is 35.5. The number of ether oxygens (including phenoxy) is 1. The molecular weight excluding hydrogens is 379 g/mol. The van der Waals surface area contributed by atoms with Gasteiger partial charge in [0.1, 0.15) is 15.7 Å². The van der Waals surface area contributed by atoms with Gasteiger partial charge in [-0.05, 0) is 18.2 Å². The van der Waals surface area contributed by atoms with Crippen molar-refractivity contribution in [1.82, 2.24) is 0 Å². The second kappa shape index (κ2) is 6.84. The van der Waals surface area contributed by atoms with E-state index in [1.807, 2.05) is 0 Å². The molecule has 0 heterocycles. The lowest BCUT2D eigenvalue weighted by Crippen LogP contribution is -2.27. The molecule has 0 radical (unpaired) electrons. The molecule has 0 saturated carbocycles. The van der Waals surface area contributed by atoms with E-state index in [0.29, 0.717) is 0 Å². The van der Waals surface area contributed by atoms with Gasteiger partial charge in [0.05, 0.1) is 22.7 Å². The zero-order valence-electron chi connectivity index (χ0n) is 12.6. The summed E-state index contributed by atoms with van der Waals surface area (Å²) in [5.74, 6) is 0.235. The highest BCUT2D eigenvalue weighted by Gasteiger charge is 2.27. The topological polar surface area (TPSA) is 89.8 Å². The molecule has 0 spiro atoms. The van der Waals surface area contributed by atoms with Crippen LogP contribution < -0.4 is 9.04 Å². The summed E-state index contributed by atoms with van der Waals surface area (Å²) in [6, 6.07) is 7.88. The van der Waals surface area contributed by atoms with E-state index >= 15 is 0 Å². The van der Waals surface area contributed by atoms with E-state index < -0.39 is 14.9 Å². The molecule has 0 aromatic heterocycles. The molecule has 0 aliphatic rings. The number of hydrogen-bond acceptors (Lipinski definition) is 5. The first kappa shape index (κ1) is 18.3. The van der Waals surface area contributed by atoms with E-state index in [9.17, 15) is 18.5 Å². The average Bonchev–Trinajstić information content (AvgIpc) is 2.56. The molecule has 0 unspecified atom stereocenters. The molecular formula is C14H12Cl2N2O5S. The number of non-ortho nitro benzene ring substituents is 1. The predicted octanol–water partition coefficient (Wildman–Crippen LogP) is 3.74. The molecule has 2 rings (SSSR count). The molecule has 2 aromatic carbocycles. The lowest BCUT2D eigenvalue weighted by molar-refractivity contribution is -0.384. The maximum absolute atomic E-state index is 12.8. The van der Waals surface area contributed by atoms with Crippen molar-refractivity contribution in [1.29, 1.82) is 0 Å². The van der Waals surface area contributed by atoms with Crippen LogP contribution >= 0.6 is 23.2 Å². The van der Waals surface area contributed by atoms with Crippen molar-refractivity contribution < 1.29 is 18.1 Å². The van der Waals surface area contributed by atoms with Gasteiger partial charge in [-0.2, -0.15) is 0 Å². The zero-order chi connectivity index (χ0) is 18.1. The van der Waals surface area contributed by atoms with Crippen LogP contribution in [0.5, 0.6) is 5.75 Å². The van der Waals surface area contributed by atoms with E-state index in [1.54, 1.807) is 0 Å². The van der Waals surface area contributed by atoms with E-state index in [2.05, 4.69) is 0 Å². The summed E-state index contributed by atoms with van der Waals surface area (Å²) in [4.78, 5) is 10.0. The third-order valence-corrected chi connectivity index (χ3v) is 6.08. The molecule has 0 N–H and O–H groups in total. The van der Waals surface area contributed by atoms with E-state index in [0.717, 1.165) is 10.4 Å². The fourth-order valence-electron chi connectivity index (χ4n) is 1.96. The SMILES string of the molecule is COc1ccc(S(=O)(=O)N(C)c2cccc([N+](=O)[O-])c2)c(Cl)c1Cl. The Morgan fingerprint density at radius 1 is 1.17 bits per heavy atom. The van der Waals surface area contributed by atoms with Gasteiger partial charge >= 0.3 is 0 Å². The van der Waals surface area contributed by atoms with Crippen molar-refractivity contribution in [3.8, 4) is 5.75 Å². The molecule has 0 saturated heterocycles. The first-order valence-electron chi connectivity index (χ1n) is 6.45. The van der Waals surface area contributed by atoms with Gasteiger partial charge in [-0.25, -0.2) is 8.42 Å². The maximum Gasteiger partial charge on any atom is 0.271 e. The molecule has 0 bridgehead atoms. The Morgan fingerprint density at radius 2 is 1.83 bits per heavy atom. The summed E-state index contributed by atoms with van der Waals surface area (Å²) < 4.78 is 31.4. The van der Waals surface area contributed by atoms with E-state index in [4.69, 9.17) is 27.9 Å². The molecule has 0 atom stereocenters. The van der Waals surface area contributed by atoms with Crippen LogP contribution in [0.25, 0.3) is 0 Å². The molecule has 0 amide bonds. The number of nitrogens with zero attached hydrogens (tertiary/aromatic N) is 2. The lowest BCUT2D eigenvalue weighted by atomic mass is 10.3. The van der Waals surface area contributed by atoms with Crippen LogP contribution in [0.15, 0.2) is 41.3 Å². The van der Waals surface area contributed by atoms with Crippen LogP contribution in [0.3, 0.4) is 0 Å². The monoisotopic (exact) mass is 390 g/mol. The molecule has 0 aliphatic heterocycles. The molecule has 128 valence electrons. The summed E-state index contributed by atoms with van der Waals surface area (Å²) in [6.07, 6.45) is 0. The van der Waals surface area contributed by atoms with Crippen molar-refractivity contribution in [3.63, 3.8) is 0 Å². The minimum absolute atomic E-state index is 0.0346. The molecule has 24 heavy (non-hydrogen) atoms. The Kier molecular flexibility index (Phi) is 5.22. The summed E-state index contributed by atoms with van der Waals surface area (Å²) in [6.45, 7) is 0. The minimum atomic E-state index is -4.07. The summed E-state index contributed by atoms with van der Waals surface area (Å²) in [5.41, 5.74) is -0.111. The van der Waals surface area contributed by atoms with Crippen LogP contribution in [0.1, 0.15) is 0 Å². The number of anilines is 1. The van der Waals surface area contributed by atoms with Gasteiger partial charge < -0.3 is 4.74 Å². The van der Waals surface area contributed by atoms with Gasteiger partial charge in [0.2, 0.25) is 0 Å². The number of sulfonamides is 1. The lowest BCUT2D eigenvalue weighted by Gasteiger charge is -2.20. The largest absolute Gasteiger partial charge is 0.495 e. The maximum atomic E-state index is 12.8. The fraction of sp³-hybridized carbons (Fsp3) is 0.143. The Hall–Kier alpha value is -2.03. The number of benzene rings is 2. The van der Waals surface area contributed by atoms with E-state index in [1.165, 1.54) is 44.5 Å². The Bertz CT molecular complexity index is 902. The molecule has 7 nitrogen and oxygen atoms in total. The summed E-state index contributed by atoms with van der Waals surface area (Å²) in [5, 5.41) is 10.6. The number of methoxy groups -OCH3 is 1. The minimum Gasteiger partial charge on any atom is -0.495 e. The van der Waals surface area contributed by atoms with Gasteiger partial charge in [0.25, 0.3) is 15.7 Å². The standard InChI is InChI=1S/C14H12Cl2N2O5S/c1-17(9-4-3-5-10(8-9)18(19)20)24(21,22)12-7-6-11(23-2)13(15)14(12)16/h3-8H,1-2H3. The van der Waals surface area contributed by atoms with Gasteiger partial charge in [-0.3, -0.25) is 14.4 Å². The summed E-state index contributed by atoms with van der Waals surface area (Å²) in [7, 11) is -1.43. The number of rotatable bonds is 5. The predicted molar refractivity (Wildman–Crippen MR) is 91.7 cm³/mol. The molecule has 0 fully saturated rings. The Morgan fingerprint density at radius 3 is 2.42 bits per heavy atom. The highest BCUT2D eigenvalue weighted by Crippen LogP contribution is 2.38. The third-order valence-electron chi connectivity index (χ3n) is 3.27. The fourth-order valence-corrected chi connectivity index (χ4v) is 3.96. The van der Waals surface area contributed by atoms with E-state index in [-0.39, 0.29) is 32.1 Å². The van der Waals surface area contributed by atoms with Crippen LogP contribution in [-0.2, 0) is 10.0 Å². The zero-order valence-corrected chi connectivity index (χ0v) is 14.9. The first-order chi connectivity index (χ1) is 11.2. The van der Waals surface area contributed by atoms with Gasteiger partial charge in [0, 0.05) is 19.2 Å². The van der Waals surface area contributed by atoms with Gasteiger partial charge in [0.15, 0.2) is 0 Å². The molecule has 0 aliphatic carbocycles.